The maximum atomic E-state index is 12.5. The van der Waals surface area contributed by atoms with Crippen LogP contribution in [0.5, 0.6) is 17.2 Å². The number of allylic oxidation sites excluding steroid dienone is 1. The highest BCUT2D eigenvalue weighted by molar-refractivity contribution is 9.10. The third-order valence-corrected chi connectivity index (χ3v) is 7.79. The first-order chi connectivity index (χ1) is 24.4. The van der Waals surface area contributed by atoms with Crippen LogP contribution in [-0.4, -0.2) is 67.4 Å². The zero-order valence-corrected chi connectivity index (χ0v) is 29.6. The fourth-order valence-electron chi connectivity index (χ4n) is 4.88. The number of amides is 2. The molecule has 0 radical (unpaired) electrons. The van der Waals surface area contributed by atoms with Gasteiger partial charge in [-0.3, -0.25) is 15.5 Å². The summed E-state index contributed by atoms with van der Waals surface area (Å²) in [5.74, 6) is -0.489. The molecule has 16 nitrogen and oxygen atoms in total. The molecule has 51 heavy (non-hydrogen) atoms. The van der Waals surface area contributed by atoms with Crippen molar-refractivity contribution in [3.8, 4) is 17.2 Å². The highest BCUT2D eigenvalue weighted by atomic mass is 79.9. The Labute approximate surface area is 301 Å². The van der Waals surface area contributed by atoms with Crippen molar-refractivity contribution < 1.29 is 48.1 Å². The first kappa shape index (κ1) is 38.1. The van der Waals surface area contributed by atoms with Gasteiger partial charge < -0.3 is 39.4 Å². The minimum absolute atomic E-state index is 0.000607. The van der Waals surface area contributed by atoms with Gasteiger partial charge in [0.05, 0.1) is 53.1 Å². The predicted octanol–water partition coefficient (Wildman–Crippen LogP) is 4.63. The summed E-state index contributed by atoms with van der Waals surface area (Å²) in [5.41, 5.74) is 4.67. The molecule has 0 aliphatic carbocycles. The van der Waals surface area contributed by atoms with E-state index < -0.39 is 35.2 Å². The number of methoxy groups -OCH3 is 1. The van der Waals surface area contributed by atoms with Crippen LogP contribution in [0.2, 0.25) is 0 Å². The first-order valence-corrected chi connectivity index (χ1v) is 16.3. The molecule has 0 bridgehead atoms. The van der Waals surface area contributed by atoms with E-state index in [1.54, 1.807) is 69.3 Å². The lowest BCUT2D eigenvalue weighted by Crippen LogP contribution is -2.45. The van der Waals surface area contributed by atoms with Crippen LogP contribution in [0.25, 0.3) is 0 Å². The number of carbonyl (C=O) groups is 3. The van der Waals surface area contributed by atoms with Gasteiger partial charge in [-0.1, -0.05) is 18.2 Å². The highest BCUT2D eigenvalue weighted by Crippen LogP contribution is 2.37. The molecule has 4 rings (SSSR count). The van der Waals surface area contributed by atoms with Crippen LogP contribution in [0.3, 0.4) is 0 Å². The summed E-state index contributed by atoms with van der Waals surface area (Å²) in [6.07, 6.45) is -0.0204. The number of benzene rings is 3. The van der Waals surface area contributed by atoms with Gasteiger partial charge in [0.15, 0.2) is 17.7 Å². The standard InChI is InChI=1S/C34H36BrN5O11/c1-5-48-27-15-23(30-29(33(43)47-4)19(3)37-34(44)38-30)11-12-26(27)50-18-28(41)39-36-16-21-13-24(35)31(25(14-21)40(45)46)51-17-20-7-9-22(10-8-20)32(42)49-6-2/h7-16,28,30,39,41H,5-6,17-18H2,1-4H3,(H2,37,38,44)/b36-16+/t28-,30+/m0/s1. The van der Waals surface area contributed by atoms with E-state index >= 15 is 0 Å². The number of urea groups is 1. The van der Waals surface area contributed by atoms with Gasteiger partial charge in [0.25, 0.3) is 0 Å². The largest absolute Gasteiger partial charge is 0.490 e. The second-order valence-corrected chi connectivity index (χ2v) is 11.6. The third kappa shape index (κ3) is 9.95. The average Bonchev–Trinajstić information content (AvgIpc) is 3.10. The average molecular weight is 771 g/mol. The molecule has 0 aromatic heterocycles. The molecule has 2 atom stereocenters. The van der Waals surface area contributed by atoms with Crippen LogP contribution in [0.1, 0.15) is 53.9 Å². The van der Waals surface area contributed by atoms with Gasteiger partial charge in [-0.05, 0) is 78.2 Å². The van der Waals surface area contributed by atoms with E-state index in [0.717, 1.165) is 0 Å². The Balaban J connectivity index is 1.39. The van der Waals surface area contributed by atoms with E-state index in [-0.39, 0.29) is 49.2 Å². The third-order valence-electron chi connectivity index (χ3n) is 7.20. The van der Waals surface area contributed by atoms with Crippen LogP contribution in [0.4, 0.5) is 10.5 Å². The summed E-state index contributed by atoms with van der Waals surface area (Å²) in [6, 6.07) is 12.9. The Morgan fingerprint density at radius 2 is 1.80 bits per heavy atom. The molecule has 4 N–H and O–H groups in total. The SMILES string of the molecule is CCOC(=O)c1ccc(COc2c(Br)cc(/C=N/N[C@@H](O)COc3ccc([C@H]4NC(=O)NC(C)=C4C(=O)OC)cc3OCC)cc2[N+](=O)[O-])cc1. The van der Waals surface area contributed by atoms with E-state index in [2.05, 4.69) is 37.1 Å². The number of nitrogens with one attached hydrogen (secondary N) is 3. The molecule has 1 aliphatic rings. The van der Waals surface area contributed by atoms with Crippen LogP contribution in [0.15, 0.2) is 75.4 Å². The summed E-state index contributed by atoms with van der Waals surface area (Å²) in [7, 11) is 1.25. The van der Waals surface area contributed by atoms with Crippen LogP contribution in [-0.2, 0) is 20.9 Å². The van der Waals surface area contributed by atoms with Crippen molar-refractivity contribution in [2.24, 2.45) is 5.10 Å². The summed E-state index contributed by atoms with van der Waals surface area (Å²) in [6.45, 7) is 5.33. The topological polar surface area (TPSA) is 209 Å². The fraction of sp³-hybridized carbons (Fsp3) is 0.294. The molecule has 17 heteroatoms. The zero-order valence-electron chi connectivity index (χ0n) is 28.1. The molecule has 0 unspecified atom stereocenters. The number of ether oxygens (including phenoxy) is 5. The summed E-state index contributed by atoms with van der Waals surface area (Å²) in [5, 5.41) is 31.6. The van der Waals surface area contributed by atoms with Crippen LogP contribution >= 0.6 is 15.9 Å². The van der Waals surface area contributed by atoms with E-state index in [1.807, 2.05) is 0 Å². The van der Waals surface area contributed by atoms with Crippen molar-refractivity contribution in [1.29, 1.82) is 0 Å². The van der Waals surface area contributed by atoms with Crippen molar-refractivity contribution in [3.05, 3.63) is 103 Å². The number of aliphatic hydroxyl groups excluding tert-OH is 1. The van der Waals surface area contributed by atoms with E-state index in [4.69, 9.17) is 23.7 Å². The molecule has 1 heterocycles. The summed E-state index contributed by atoms with van der Waals surface area (Å²) >= 11 is 3.33. The number of hydrogen-bond donors (Lipinski definition) is 4. The van der Waals surface area contributed by atoms with Gasteiger partial charge in [-0.2, -0.15) is 5.10 Å². The Bertz CT molecular complexity index is 1830. The number of nitro benzene ring substituents is 1. The number of hydrazone groups is 1. The molecule has 0 saturated heterocycles. The molecule has 2 amide bonds. The zero-order chi connectivity index (χ0) is 37.1. The van der Waals surface area contributed by atoms with E-state index in [1.165, 1.54) is 19.4 Å². The quantitative estimate of drug-likeness (QED) is 0.0517. The minimum atomic E-state index is -1.30. The predicted molar refractivity (Wildman–Crippen MR) is 186 cm³/mol. The Morgan fingerprint density at radius 1 is 1.06 bits per heavy atom. The van der Waals surface area contributed by atoms with Gasteiger partial charge in [-0.25, -0.2) is 14.4 Å². The number of aliphatic hydroxyl groups is 1. The summed E-state index contributed by atoms with van der Waals surface area (Å²) in [4.78, 5) is 47.8. The number of rotatable bonds is 16. The van der Waals surface area contributed by atoms with Crippen LogP contribution < -0.4 is 30.3 Å². The molecular weight excluding hydrogens is 734 g/mol. The van der Waals surface area contributed by atoms with Crippen LogP contribution in [0, 0.1) is 10.1 Å². The second-order valence-electron chi connectivity index (χ2n) is 10.7. The first-order valence-electron chi connectivity index (χ1n) is 15.5. The second kappa shape index (κ2) is 17.8. The molecule has 1 aliphatic heterocycles. The maximum Gasteiger partial charge on any atom is 0.338 e. The molecule has 270 valence electrons. The lowest BCUT2D eigenvalue weighted by molar-refractivity contribution is -0.386. The van der Waals surface area contributed by atoms with Crippen molar-refractivity contribution in [2.45, 2.75) is 39.6 Å². The number of nitro groups is 1. The van der Waals surface area contributed by atoms with Crippen molar-refractivity contribution >= 4 is 45.8 Å². The van der Waals surface area contributed by atoms with Crippen molar-refractivity contribution in [1.82, 2.24) is 16.1 Å². The normalized spacial score (nSPS) is 14.6. The van der Waals surface area contributed by atoms with E-state index in [0.29, 0.717) is 38.2 Å². The number of halogens is 1. The Kier molecular flexibility index (Phi) is 13.3. The maximum absolute atomic E-state index is 12.5. The van der Waals surface area contributed by atoms with Gasteiger partial charge >= 0.3 is 23.7 Å². The lowest BCUT2D eigenvalue weighted by Gasteiger charge is -2.28. The monoisotopic (exact) mass is 769 g/mol. The lowest BCUT2D eigenvalue weighted by atomic mass is 9.95. The smallest absolute Gasteiger partial charge is 0.338 e. The Hall–Kier alpha value is -5.68. The number of esters is 2. The molecule has 0 saturated carbocycles. The van der Waals surface area contributed by atoms with Gasteiger partial charge in [0.1, 0.15) is 13.2 Å². The van der Waals surface area contributed by atoms with Crippen molar-refractivity contribution in [2.75, 3.05) is 26.9 Å². The molecule has 3 aromatic rings. The molecule has 0 fully saturated rings. The minimum Gasteiger partial charge on any atom is -0.490 e. The number of hydrogen-bond acceptors (Lipinski definition) is 13. The number of nitrogens with zero attached hydrogens (tertiary/aromatic N) is 2. The summed E-state index contributed by atoms with van der Waals surface area (Å²) < 4.78 is 27.4. The number of carbonyl (C=O) groups excluding carboxylic acids is 3. The van der Waals surface area contributed by atoms with Gasteiger partial charge in [-0.15, -0.1) is 0 Å². The Morgan fingerprint density at radius 3 is 2.47 bits per heavy atom. The highest BCUT2D eigenvalue weighted by Gasteiger charge is 2.32. The van der Waals surface area contributed by atoms with Gasteiger partial charge in [0, 0.05) is 17.3 Å². The molecule has 3 aromatic carbocycles. The van der Waals surface area contributed by atoms with Gasteiger partial charge in [0.2, 0.25) is 5.75 Å². The fourth-order valence-corrected chi connectivity index (χ4v) is 5.46. The molecule has 0 spiro atoms. The van der Waals surface area contributed by atoms with E-state index in [9.17, 15) is 29.6 Å². The molecular formula is C34H36BrN5O11. The van der Waals surface area contributed by atoms with Crippen molar-refractivity contribution in [3.63, 3.8) is 0 Å².